The zero-order valence-corrected chi connectivity index (χ0v) is 18.0. The fraction of sp³-hybridized carbons (Fsp3) is 0.348. The molecular weight excluding hydrogens is 473 g/mol. The predicted octanol–water partition coefficient (Wildman–Crippen LogP) is 4.30. The summed E-state index contributed by atoms with van der Waals surface area (Å²) in [6.07, 6.45) is -0.341. The Balaban J connectivity index is 1.42. The van der Waals surface area contributed by atoms with E-state index in [0.29, 0.717) is 31.1 Å². The lowest BCUT2D eigenvalue weighted by Gasteiger charge is -2.49. The molecule has 3 unspecified atom stereocenters. The molecule has 2 aromatic heterocycles. The Morgan fingerprint density at radius 2 is 1.86 bits per heavy atom. The van der Waals surface area contributed by atoms with E-state index < -0.39 is 47.6 Å². The number of halogens is 5. The molecule has 1 amide bonds. The molecule has 1 aromatic carbocycles. The van der Waals surface area contributed by atoms with Crippen molar-refractivity contribution in [3.63, 3.8) is 0 Å². The fourth-order valence-corrected chi connectivity index (χ4v) is 4.69. The second kappa shape index (κ2) is 8.82. The Morgan fingerprint density at radius 3 is 2.54 bits per heavy atom. The van der Waals surface area contributed by atoms with E-state index >= 15 is 0 Å². The van der Waals surface area contributed by atoms with Crippen molar-refractivity contribution in [1.29, 1.82) is 0 Å². The van der Waals surface area contributed by atoms with Crippen LogP contribution in [0.1, 0.15) is 35.3 Å². The summed E-state index contributed by atoms with van der Waals surface area (Å²) in [5, 5.41) is 0. The van der Waals surface area contributed by atoms with Crippen LogP contribution in [0.3, 0.4) is 0 Å². The number of fused-ring (bicyclic) bond motifs is 3. The van der Waals surface area contributed by atoms with Gasteiger partial charge in [0.1, 0.15) is 11.9 Å². The van der Waals surface area contributed by atoms with Gasteiger partial charge < -0.3 is 9.64 Å². The minimum Gasteiger partial charge on any atom is -0.469 e. The summed E-state index contributed by atoms with van der Waals surface area (Å²) in [7, 11) is 0. The van der Waals surface area contributed by atoms with Crippen LogP contribution in [0.2, 0.25) is 0 Å². The standard InChI is InChI=1S/C23H18F5N5O2/c24-13-3-4-14(20-29-6-1-7-30-20)15(9-13)22(34)33-11-12-2-5-16(33)17(8-12)35-21-19(25)32-18(10-31-21)23(26,27)28/h1,3-4,6-7,9-10,12,16-17H,2,5,8,11H2. The first-order valence-corrected chi connectivity index (χ1v) is 10.8. The second-order valence-electron chi connectivity index (χ2n) is 8.47. The highest BCUT2D eigenvalue weighted by molar-refractivity contribution is 6.00. The first kappa shape index (κ1) is 23.1. The molecule has 0 spiro atoms. The average molecular weight is 491 g/mol. The Bertz CT molecular complexity index is 1260. The zero-order valence-electron chi connectivity index (χ0n) is 18.0. The van der Waals surface area contributed by atoms with Crippen molar-refractivity contribution in [3.05, 3.63) is 65.9 Å². The van der Waals surface area contributed by atoms with E-state index in [1.165, 1.54) is 24.5 Å². The summed E-state index contributed by atoms with van der Waals surface area (Å²) in [5.74, 6) is -2.93. The molecule has 4 heterocycles. The number of rotatable bonds is 4. The summed E-state index contributed by atoms with van der Waals surface area (Å²) in [6.45, 7) is 0.385. The normalized spacial score (nSPS) is 21.7. The molecule has 2 bridgehead atoms. The molecule has 7 nitrogen and oxygen atoms in total. The third-order valence-corrected chi connectivity index (χ3v) is 6.25. The lowest BCUT2D eigenvalue weighted by atomic mass is 9.77. The van der Waals surface area contributed by atoms with E-state index in [0.717, 1.165) is 12.5 Å². The monoisotopic (exact) mass is 491 g/mol. The van der Waals surface area contributed by atoms with Crippen molar-refractivity contribution >= 4 is 5.91 Å². The lowest BCUT2D eigenvalue weighted by Crippen LogP contribution is -2.59. The van der Waals surface area contributed by atoms with Gasteiger partial charge in [-0.15, -0.1) is 0 Å². The van der Waals surface area contributed by atoms with Crippen LogP contribution in [0, 0.1) is 17.7 Å². The van der Waals surface area contributed by atoms with Gasteiger partial charge in [0.15, 0.2) is 11.5 Å². The van der Waals surface area contributed by atoms with Gasteiger partial charge in [-0.05, 0) is 49.4 Å². The van der Waals surface area contributed by atoms with Crippen LogP contribution in [0.25, 0.3) is 11.4 Å². The van der Waals surface area contributed by atoms with Gasteiger partial charge in [0.2, 0.25) is 0 Å². The van der Waals surface area contributed by atoms with Crippen molar-refractivity contribution in [3.8, 4) is 17.3 Å². The average Bonchev–Trinajstić information content (AvgIpc) is 2.85. The van der Waals surface area contributed by atoms with E-state index in [2.05, 4.69) is 19.9 Å². The van der Waals surface area contributed by atoms with Crippen LogP contribution in [0.5, 0.6) is 5.88 Å². The first-order chi connectivity index (χ1) is 16.7. The van der Waals surface area contributed by atoms with Gasteiger partial charge in [-0.3, -0.25) is 4.79 Å². The smallest absolute Gasteiger partial charge is 0.435 e. The van der Waals surface area contributed by atoms with Gasteiger partial charge in [0.25, 0.3) is 17.7 Å². The molecule has 12 heteroatoms. The molecule has 182 valence electrons. The summed E-state index contributed by atoms with van der Waals surface area (Å²) >= 11 is 0. The molecule has 6 rings (SSSR count). The molecule has 3 aromatic rings. The minimum absolute atomic E-state index is 0.0180. The number of aromatic nitrogens is 4. The number of carbonyl (C=O) groups excluding carboxylic acids is 1. The number of nitrogens with zero attached hydrogens (tertiary/aromatic N) is 5. The van der Waals surface area contributed by atoms with E-state index in [1.54, 1.807) is 11.0 Å². The van der Waals surface area contributed by atoms with Crippen LogP contribution in [0.15, 0.2) is 42.9 Å². The van der Waals surface area contributed by atoms with Gasteiger partial charge in [-0.25, -0.2) is 24.3 Å². The third-order valence-electron chi connectivity index (χ3n) is 6.25. The van der Waals surface area contributed by atoms with Gasteiger partial charge in [0.05, 0.1) is 17.8 Å². The Labute approximate surface area is 196 Å². The van der Waals surface area contributed by atoms with Gasteiger partial charge in [0, 0.05) is 24.5 Å². The Hall–Kier alpha value is -3.70. The fourth-order valence-electron chi connectivity index (χ4n) is 4.69. The lowest BCUT2D eigenvalue weighted by molar-refractivity contribution is -0.142. The largest absolute Gasteiger partial charge is 0.469 e. The minimum atomic E-state index is -4.84. The van der Waals surface area contributed by atoms with Crippen LogP contribution in [-0.2, 0) is 6.18 Å². The summed E-state index contributed by atoms with van der Waals surface area (Å²) in [5.41, 5.74) is -1.04. The number of piperidine rings is 2. The van der Waals surface area contributed by atoms with E-state index in [-0.39, 0.29) is 17.3 Å². The molecule has 0 N–H and O–H groups in total. The maximum absolute atomic E-state index is 14.2. The number of amides is 1. The number of hydrogen-bond acceptors (Lipinski definition) is 6. The third kappa shape index (κ3) is 4.52. The van der Waals surface area contributed by atoms with Crippen molar-refractivity contribution in [1.82, 2.24) is 24.8 Å². The van der Waals surface area contributed by atoms with E-state index in [1.807, 2.05) is 0 Å². The molecule has 3 fully saturated rings. The summed E-state index contributed by atoms with van der Waals surface area (Å²) in [6, 6.07) is 4.87. The summed E-state index contributed by atoms with van der Waals surface area (Å²) < 4.78 is 72.3. The van der Waals surface area contributed by atoms with Crippen LogP contribution < -0.4 is 4.74 Å². The van der Waals surface area contributed by atoms with Gasteiger partial charge in [-0.2, -0.15) is 17.6 Å². The van der Waals surface area contributed by atoms with Crippen LogP contribution >= 0.6 is 0 Å². The highest BCUT2D eigenvalue weighted by Crippen LogP contribution is 2.39. The summed E-state index contributed by atoms with van der Waals surface area (Å²) in [4.78, 5) is 29.8. The van der Waals surface area contributed by atoms with Crippen molar-refractivity contribution in [2.24, 2.45) is 5.92 Å². The molecule has 35 heavy (non-hydrogen) atoms. The topological polar surface area (TPSA) is 81.1 Å². The predicted molar refractivity (Wildman–Crippen MR) is 111 cm³/mol. The maximum atomic E-state index is 14.2. The Morgan fingerprint density at radius 1 is 1.09 bits per heavy atom. The number of ether oxygens (including phenoxy) is 1. The number of hydrogen-bond donors (Lipinski definition) is 0. The highest BCUT2D eigenvalue weighted by atomic mass is 19.4. The molecule has 0 radical (unpaired) electrons. The molecular formula is C23H18F5N5O2. The maximum Gasteiger partial charge on any atom is 0.435 e. The van der Waals surface area contributed by atoms with Gasteiger partial charge in [-0.1, -0.05) is 0 Å². The molecule has 3 atom stereocenters. The molecule has 1 saturated carbocycles. The number of benzene rings is 1. The molecule has 3 aliphatic rings. The van der Waals surface area contributed by atoms with Crippen molar-refractivity contribution in [2.75, 3.05) is 6.54 Å². The second-order valence-corrected chi connectivity index (χ2v) is 8.47. The zero-order chi connectivity index (χ0) is 24.7. The quantitative estimate of drug-likeness (QED) is 0.507. The highest BCUT2D eigenvalue weighted by Gasteiger charge is 2.45. The van der Waals surface area contributed by atoms with Crippen LogP contribution in [-0.4, -0.2) is 49.4 Å². The van der Waals surface area contributed by atoms with Crippen molar-refractivity contribution < 1.29 is 31.5 Å². The molecule has 2 saturated heterocycles. The first-order valence-electron chi connectivity index (χ1n) is 10.8. The van der Waals surface area contributed by atoms with E-state index in [9.17, 15) is 26.7 Å². The SMILES string of the molecule is O=C(c1cc(F)ccc1-c1ncccn1)N1CC2CCC1C(Oc1ncc(C(F)(F)F)nc1F)C2. The van der Waals surface area contributed by atoms with E-state index in [4.69, 9.17) is 4.74 Å². The van der Waals surface area contributed by atoms with Gasteiger partial charge >= 0.3 is 6.18 Å². The molecule has 1 aliphatic carbocycles. The van der Waals surface area contributed by atoms with Crippen LogP contribution in [0.4, 0.5) is 22.0 Å². The number of alkyl halides is 3. The number of carbonyl (C=O) groups is 1. The molecule has 2 aliphatic heterocycles. The Kier molecular flexibility index (Phi) is 5.81. The van der Waals surface area contributed by atoms with Crippen molar-refractivity contribution in [2.45, 2.75) is 37.6 Å².